The van der Waals surface area contributed by atoms with Gasteiger partial charge in [-0.1, -0.05) is 21.6 Å². The van der Waals surface area contributed by atoms with Crippen molar-refractivity contribution < 1.29 is 145 Å². The second-order valence-corrected chi connectivity index (χ2v) is 23.8. The molecule has 0 heterocycles. The minimum atomic E-state index is -2.15. The number of Topliss-reactive ketones (excluding diaryl/α,β-unsaturated/α-hetero) is 2. The Labute approximate surface area is 523 Å². The van der Waals surface area contributed by atoms with Crippen LogP contribution in [0.25, 0.3) is 0 Å². The Balaban J connectivity index is 7.15. The number of hydrogen-bond donors (Lipinski definition) is 26. The van der Waals surface area contributed by atoms with Crippen molar-refractivity contribution in [1.29, 1.82) is 0 Å². The average Bonchev–Trinajstić information content (AvgIpc) is 1.53. The van der Waals surface area contributed by atoms with Gasteiger partial charge in [-0.25, -0.2) is 4.79 Å². The molecule has 0 aliphatic carbocycles. The largest absolute Gasteiger partial charge is 0.481 e. The van der Waals surface area contributed by atoms with Crippen LogP contribution < -0.4 is 43.4 Å². The summed E-state index contributed by atoms with van der Waals surface area (Å²) < 4.78 is 0. The quantitative estimate of drug-likeness (QED) is 0.0199. The highest BCUT2D eigenvalue weighted by atomic mass is 33.1. The van der Waals surface area contributed by atoms with Gasteiger partial charge >= 0.3 is 17.9 Å². The lowest BCUT2D eigenvalue weighted by Crippen LogP contribution is -2.51. The highest BCUT2D eigenvalue weighted by molar-refractivity contribution is 8.76. The van der Waals surface area contributed by atoms with Crippen molar-refractivity contribution in [2.45, 2.75) is 187 Å². The number of carboxylic acids is 3. The van der Waals surface area contributed by atoms with Gasteiger partial charge in [0.15, 0.2) is 11.6 Å². The summed E-state index contributed by atoms with van der Waals surface area (Å²) in [6, 6.07) is -7.33. The van der Waals surface area contributed by atoms with Gasteiger partial charge in [0.1, 0.15) is 61.0 Å². The van der Waals surface area contributed by atoms with Gasteiger partial charge in [-0.3, -0.25) is 47.9 Å². The number of carbonyl (C=O) groups is 11. The third kappa shape index (κ3) is 33.8. The summed E-state index contributed by atoms with van der Waals surface area (Å²) >= 11 is 0. The summed E-state index contributed by atoms with van der Waals surface area (Å²) in [4.78, 5) is 145. The Bertz CT molecular complexity index is 2270. The zero-order chi connectivity index (χ0) is 69.1. The van der Waals surface area contributed by atoms with Crippen molar-refractivity contribution in [1.82, 2.24) is 31.9 Å². The summed E-state index contributed by atoms with van der Waals surface area (Å²) in [5.41, 5.74) is 11.7. The van der Waals surface area contributed by atoms with Crippen LogP contribution in [0.15, 0.2) is 0 Å². The van der Waals surface area contributed by atoms with E-state index in [0.29, 0.717) is 5.75 Å². The topological polar surface area (TPSA) is 676 Å². The van der Waals surface area contributed by atoms with Gasteiger partial charge in [0.25, 0.3) is 0 Å². The molecule has 19 unspecified atom stereocenters. The van der Waals surface area contributed by atoms with Crippen molar-refractivity contribution in [3.8, 4) is 0 Å². The predicted molar refractivity (Wildman–Crippen MR) is 310 cm³/mol. The smallest absolute Gasteiger partial charge is 0.327 e. The highest BCUT2D eigenvalue weighted by Gasteiger charge is 2.37. The molecule has 0 saturated heterocycles. The second-order valence-electron chi connectivity index (χ2n) is 21.2. The van der Waals surface area contributed by atoms with Crippen LogP contribution in [-0.2, 0) is 52.7 Å². The molecule has 19 atom stereocenters. The van der Waals surface area contributed by atoms with Crippen LogP contribution in [0.5, 0.6) is 0 Å². The standard InChI is InChI=1S/C51H90N8O29S2/c1-22(52)20-89-90-21-28(51(87)88)59-49(85)24(3-8-38(72)55-15-32(66)43(79)46(82)35(69)18-61)13-29(63)26(5-10-40(74)75)57-48(84)23(2-7-37(71)54-14-31(65)42(78)45(81)34(68)17-60)12-30(64)27(6-11-41(76)77)58-50(86)25(53)4-9-39(73)56-16-33(67)44(80)47(83)36(70)19-62/h22-28,31-36,42-47,60-62,65-70,78-83H,2-21,52-53H2,1H3,(H,54,71)(H,55,72)(H,56,73)(H,57,84)(H,58,86)(H,59,85)(H,74,75)(H,76,77)(H,87,88). The van der Waals surface area contributed by atoms with Gasteiger partial charge in [-0.05, 0) is 39.0 Å². The summed E-state index contributed by atoms with van der Waals surface area (Å²) in [6.45, 7) is -3.72. The van der Waals surface area contributed by atoms with Crippen LogP contribution in [0.4, 0.5) is 0 Å². The number of carbonyl (C=O) groups excluding carboxylic acids is 8. The van der Waals surface area contributed by atoms with Crippen molar-refractivity contribution in [3.05, 3.63) is 0 Å². The molecule has 39 heteroatoms. The van der Waals surface area contributed by atoms with Gasteiger partial charge in [0.05, 0.1) is 56.3 Å². The van der Waals surface area contributed by atoms with Gasteiger partial charge in [0, 0.05) is 94.0 Å². The molecule has 0 aliphatic rings. The third-order valence-corrected chi connectivity index (χ3v) is 16.2. The van der Waals surface area contributed by atoms with E-state index in [1.165, 1.54) is 0 Å². The predicted octanol–water partition coefficient (Wildman–Crippen LogP) is -11.5. The fraction of sp³-hybridized carbons (Fsp3) is 0.784. The molecule has 6 amide bonds. The molecule has 0 aromatic carbocycles. The molecule has 0 aromatic rings. The maximum atomic E-state index is 14.4. The fourth-order valence-corrected chi connectivity index (χ4v) is 10.3. The van der Waals surface area contributed by atoms with E-state index in [1.807, 2.05) is 0 Å². The number of aliphatic carboxylic acids is 3. The Hall–Kier alpha value is -5.41. The van der Waals surface area contributed by atoms with Gasteiger partial charge in [-0.15, -0.1) is 0 Å². The molecule has 37 nitrogen and oxygen atoms in total. The first-order valence-electron chi connectivity index (χ1n) is 28.2. The molecule has 0 spiro atoms. The summed E-state index contributed by atoms with van der Waals surface area (Å²) in [6.07, 6.45) is -33.1. The molecular formula is C51H90N8O29S2. The molecule has 0 bridgehead atoms. The van der Waals surface area contributed by atoms with Crippen molar-refractivity contribution in [2.24, 2.45) is 23.3 Å². The average molecular weight is 1340 g/mol. The maximum Gasteiger partial charge on any atom is 0.327 e. The molecule has 0 rings (SSSR count). The highest BCUT2D eigenvalue weighted by Crippen LogP contribution is 2.24. The number of rotatable bonds is 51. The van der Waals surface area contributed by atoms with Crippen LogP contribution >= 0.6 is 21.6 Å². The van der Waals surface area contributed by atoms with E-state index in [4.69, 9.17) is 26.8 Å². The van der Waals surface area contributed by atoms with E-state index >= 15 is 0 Å². The number of aliphatic hydroxyl groups excluding tert-OH is 15. The fourth-order valence-electron chi connectivity index (χ4n) is 7.89. The lowest BCUT2D eigenvalue weighted by Gasteiger charge is -2.26. The van der Waals surface area contributed by atoms with E-state index in [-0.39, 0.29) is 11.8 Å². The summed E-state index contributed by atoms with van der Waals surface area (Å²) in [5.74, 6) is -16.8. The molecule has 0 radical (unpaired) electrons. The minimum absolute atomic E-state index is 0.270. The lowest BCUT2D eigenvalue weighted by atomic mass is 9.89. The molecule has 0 aliphatic heterocycles. The molecule has 0 saturated carbocycles. The second kappa shape index (κ2) is 45.0. The third-order valence-electron chi connectivity index (χ3n) is 13.6. The van der Waals surface area contributed by atoms with Crippen LogP contribution in [0.1, 0.15) is 84.0 Å². The molecular weight excluding hydrogens is 1250 g/mol. The number of aliphatic hydroxyl groups is 15. The Kier molecular flexibility index (Phi) is 42.3. The van der Waals surface area contributed by atoms with Crippen LogP contribution in [0.3, 0.4) is 0 Å². The maximum absolute atomic E-state index is 14.4. The van der Waals surface area contributed by atoms with E-state index in [2.05, 4.69) is 31.9 Å². The monoisotopic (exact) mass is 1340 g/mol. The number of ketones is 2. The van der Waals surface area contributed by atoms with Gasteiger partial charge in [-0.2, -0.15) is 0 Å². The van der Waals surface area contributed by atoms with Crippen molar-refractivity contribution in [3.63, 3.8) is 0 Å². The van der Waals surface area contributed by atoms with E-state index in [0.717, 1.165) is 21.6 Å². The zero-order valence-corrected chi connectivity index (χ0v) is 50.8. The van der Waals surface area contributed by atoms with Crippen LogP contribution in [0.2, 0.25) is 0 Å². The first-order valence-corrected chi connectivity index (χ1v) is 30.7. The molecule has 0 aromatic heterocycles. The zero-order valence-electron chi connectivity index (χ0n) is 49.1. The SMILES string of the molecule is CC(N)CSSCC(NC(=O)C(CCC(=O)NCC(O)C(O)C(O)C(O)CO)CC(=O)C(CCC(=O)O)NC(=O)C(CCC(=O)NCC(O)C(O)C(O)C(O)CO)CC(=O)C(CCC(=O)O)NC(=O)C(N)CCC(=O)NCC(O)C(O)C(O)C(O)CO)C(=O)O. The lowest BCUT2D eigenvalue weighted by molar-refractivity contribution is -0.142. The normalized spacial score (nSPS) is 18.0. The van der Waals surface area contributed by atoms with Crippen LogP contribution in [0, 0.1) is 11.8 Å². The Morgan fingerprint density at radius 3 is 1.00 bits per heavy atom. The van der Waals surface area contributed by atoms with E-state index in [1.54, 1.807) is 6.92 Å². The Morgan fingerprint density at radius 2 is 0.689 bits per heavy atom. The molecule has 520 valence electrons. The number of hydrogen-bond acceptors (Lipinski definition) is 30. The molecule has 0 fully saturated rings. The first kappa shape index (κ1) is 84.6. The van der Waals surface area contributed by atoms with Gasteiger partial charge in [0.2, 0.25) is 35.4 Å². The van der Waals surface area contributed by atoms with Crippen LogP contribution in [-0.4, -0.2) is 311 Å². The Morgan fingerprint density at radius 1 is 0.389 bits per heavy atom. The van der Waals surface area contributed by atoms with Crippen molar-refractivity contribution >= 4 is 86.5 Å². The summed E-state index contributed by atoms with van der Waals surface area (Å²) in [5, 5.41) is 189. The summed E-state index contributed by atoms with van der Waals surface area (Å²) in [7, 11) is 2.17. The number of nitrogens with two attached hydrogens (primary N) is 2. The minimum Gasteiger partial charge on any atom is -0.481 e. The van der Waals surface area contributed by atoms with Gasteiger partial charge < -0.3 is 135 Å². The number of carboxylic acid groups (broad SMARTS) is 3. The molecule has 28 N–H and O–H groups in total. The van der Waals surface area contributed by atoms with Crippen molar-refractivity contribution in [2.75, 3.05) is 51.0 Å². The molecule has 90 heavy (non-hydrogen) atoms. The van der Waals surface area contributed by atoms with E-state index in [9.17, 15) is 129 Å². The first-order chi connectivity index (χ1) is 42.0. The van der Waals surface area contributed by atoms with E-state index < -0.39 is 291 Å². The number of amides is 6. The number of nitrogens with one attached hydrogen (secondary N) is 6.